The highest BCUT2D eigenvalue weighted by molar-refractivity contribution is 6.01. The fourth-order valence-corrected chi connectivity index (χ4v) is 6.55. The van der Waals surface area contributed by atoms with Gasteiger partial charge in [0, 0.05) is 47.3 Å². The molecule has 1 amide bonds. The maximum atomic E-state index is 14.1. The molecule has 2 aromatic rings. The van der Waals surface area contributed by atoms with Crippen LogP contribution < -0.4 is 15.1 Å². The number of pyridine rings is 1. The van der Waals surface area contributed by atoms with Crippen molar-refractivity contribution in [1.29, 1.82) is 0 Å². The zero-order chi connectivity index (χ0) is 21.7. The van der Waals surface area contributed by atoms with Gasteiger partial charge in [-0.25, -0.2) is 13.8 Å². The SMILES string of the molecule is O=C(C1CC23CC2(C1)C3(F)F)N1Cc2cccnc2Nc2ccc(N3CCOCC3)cc21. The largest absolute Gasteiger partial charge is 0.378 e. The Morgan fingerprint density at radius 2 is 1.94 bits per heavy atom. The van der Waals surface area contributed by atoms with Crippen molar-refractivity contribution < 1.29 is 18.3 Å². The molecule has 7 rings (SSSR count). The maximum Gasteiger partial charge on any atom is 0.260 e. The number of hydrogen-bond acceptors (Lipinski definition) is 5. The standard InChI is InChI=1S/C24H24F2N4O2/c25-24(26)22-11-16(12-23(22,24)14-22)21(31)30-13-15-2-1-5-27-20(15)28-18-4-3-17(10-19(18)30)29-6-8-32-9-7-29/h1-5,10,16H,6-9,11-14H2,(H,27,28). The van der Waals surface area contributed by atoms with E-state index in [1.54, 1.807) is 11.1 Å². The van der Waals surface area contributed by atoms with Crippen LogP contribution in [0.2, 0.25) is 0 Å². The highest BCUT2D eigenvalue weighted by atomic mass is 19.3. The van der Waals surface area contributed by atoms with Crippen LogP contribution in [0.15, 0.2) is 36.5 Å². The van der Waals surface area contributed by atoms with E-state index in [2.05, 4.69) is 15.2 Å². The van der Waals surface area contributed by atoms with Gasteiger partial charge in [0.1, 0.15) is 5.82 Å². The summed E-state index contributed by atoms with van der Waals surface area (Å²) in [6.07, 6.45) is 2.93. The van der Waals surface area contributed by atoms with Crippen LogP contribution in [0.4, 0.5) is 31.7 Å². The molecule has 0 radical (unpaired) electrons. The summed E-state index contributed by atoms with van der Waals surface area (Å²) in [6.45, 7) is 3.32. The molecule has 0 bridgehead atoms. The third-order valence-electron chi connectivity index (χ3n) is 8.46. The van der Waals surface area contributed by atoms with Gasteiger partial charge in [-0.1, -0.05) is 6.07 Å². The average Bonchev–Trinajstić information content (AvgIpc) is 3.54. The van der Waals surface area contributed by atoms with Crippen LogP contribution in [-0.4, -0.2) is 43.1 Å². The Balaban J connectivity index is 1.25. The van der Waals surface area contributed by atoms with Crippen molar-refractivity contribution in [2.45, 2.75) is 31.7 Å². The van der Waals surface area contributed by atoms with Gasteiger partial charge < -0.3 is 19.9 Å². The van der Waals surface area contributed by atoms with Gasteiger partial charge >= 0.3 is 0 Å². The number of aromatic nitrogens is 1. The van der Waals surface area contributed by atoms with Crippen LogP contribution in [0.5, 0.6) is 0 Å². The van der Waals surface area contributed by atoms with Gasteiger partial charge in [-0.05, 0) is 43.5 Å². The zero-order valence-electron chi connectivity index (χ0n) is 17.6. The number of nitrogens with zero attached hydrogens (tertiary/aromatic N) is 3. The average molecular weight is 438 g/mol. The molecule has 2 atom stereocenters. The Hall–Kier alpha value is -2.74. The monoisotopic (exact) mass is 438 g/mol. The number of amides is 1. The van der Waals surface area contributed by atoms with Crippen molar-refractivity contribution in [3.63, 3.8) is 0 Å². The fraction of sp³-hybridized carbons (Fsp3) is 0.500. The number of halogens is 2. The maximum absolute atomic E-state index is 14.1. The fourth-order valence-electron chi connectivity index (χ4n) is 6.55. The summed E-state index contributed by atoms with van der Waals surface area (Å²) in [4.78, 5) is 22.3. The molecule has 1 saturated heterocycles. The van der Waals surface area contributed by atoms with Crippen LogP contribution in [0, 0.1) is 16.7 Å². The summed E-state index contributed by atoms with van der Waals surface area (Å²) in [6, 6.07) is 9.89. The first-order chi connectivity index (χ1) is 15.5. The number of rotatable bonds is 2. The minimum atomic E-state index is -2.56. The molecule has 1 N–H and O–H groups in total. The van der Waals surface area contributed by atoms with E-state index in [0.717, 1.165) is 41.5 Å². The number of carbonyl (C=O) groups is 1. The summed E-state index contributed by atoms with van der Waals surface area (Å²) >= 11 is 0. The van der Waals surface area contributed by atoms with Crippen LogP contribution in [0.25, 0.3) is 0 Å². The Morgan fingerprint density at radius 1 is 1.16 bits per heavy atom. The molecule has 166 valence electrons. The van der Waals surface area contributed by atoms with Gasteiger partial charge in [-0.2, -0.15) is 0 Å². The predicted octanol–water partition coefficient (Wildman–Crippen LogP) is 3.94. The van der Waals surface area contributed by atoms with E-state index in [4.69, 9.17) is 4.74 Å². The van der Waals surface area contributed by atoms with Crippen LogP contribution >= 0.6 is 0 Å². The van der Waals surface area contributed by atoms with Crippen LogP contribution in [0.1, 0.15) is 24.8 Å². The second kappa shape index (κ2) is 5.98. The quantitative estimate of drug-likeness (QED) is 0.770. The molecule has 1 aromatic carbocycles. The van der Waals surface area contributed by atoms with Gasteiger partial charge in [0.05, 0.1) is 31.1 Å². The van der Waals surface area contributed by atoms with E-state index in [1.807, 2.05) is 30.3 Å². The summed E-state index contributed by atoms with van der Waals surface area (Å²) in [5.41, 5.74) is 1.77. The van der Waals surface area contributed by atoms with E-state index in [1.165, 1.54) is 0 Å². The molecular formula is C24H24F2N4O2. The van der Waals surface area contributed by atoms with Crippen molar-refractivity contribution in [3.8, 4) is 0 Å². The van der Waals surface area contributed by atoms with E-state index >= 15 is 0 Å². The van der Waals surface area contributed by atoms with Gasteiger partial charge in [0.2, 0.25) is 5.91 Å². The minimum absolute atomic E-state index is 0.0506. The van der Waals surface area contributed by atoms with E-state index in [0.29, 0.717) is 39.0 Å². The second-order valence-electron chi connectivity index (χ2n) is 9.88. The first-order valence-corrected chi connectivity index (χ1v) is 11.3. The van der Waals surface area contributed by atoms with Gasteiger partial charge in [0.25, 0.3) is 5.92 Å². The molecule has 3 heterocycles. The van der Waals surface area contributed by atoms with Crippen LogP contribution in [0.3, 0.4) is 0 Å². The third-order valence-corrected chi connectivity index (χ3v) is 8.46. The lowest BCUT2D eigenvalue weighted by Gasteiger charge is -2.32. The van der Waals surface area contributed by atoms with Crippen LogP contribution in [-0.2, 0) is 16.1 Å². The highest BCUT2D eigenvalue weighted by Gasteiger charge is 3.05. The third kappa shape index (κ3) is 2.21. The summed E-state index contributed by atoms with van der Waals surface area (Å²) < 4.78 is 33.8. The first kappa shape index (κ1) is 18.8. The number of morpholine rings is 1. The molecule has 3 aliphatic carbocycles. The lowest BCUT2D eigenvalue weighted by atomic mass is 9.87. The number of alkyl halides is 2. The molecule has 2 unspecified atom stereocenters. The number of anilines is 4. The number of fused-ring (bicyclic) bond motifs is 2. The molecule has 6 nitrogen and oxygen atoms in total. The van der Waals surface area contributed by atoms with Crippen molar-refractivity contribution in [2.24, 2.45) is 16.7 Å². The molecule has 32 heavy (non-hydrogen) atoms. The van der Waals surface area contributed by atoms with E-state index in [-0.39, 0.29) is 11.8 Å². The Kier molecular flexibility index (Phi) is 3.51. The number of benzene rings is 1. The predicted molar refractivity (Wildman–Crippen MR) is 115 cm³/mol. The minimum Gasteiger partial charge on any atom is -0.378 e. The molecule has 3 saturated carbocycles. The van der Waals surface area contributed by atoms with Crippen molar-refractivity contribution in [1.82, 2.24) is 4.98 Å². The Labute approximate surface area is 184 Å². The normalized spacial score (nSPS) is 33.2. The highest BCUT2D eigenvalue weighted by Crippen LogP contribution is 3.00. The number of hydrogen-bond donors (Lipinski definition) is 1. The summed E-state index contributed by atoms with van der Waals surface area (Å²) in [7, 11) is 0. The zero-order valence-corrected chi connectivity index (χ0v) is 17.6. The smallest absolute Gasteiger partial charge is 0.260 e. The van der Waals surface area contributed by atoms with Crippen molar-refractivity contribution >= 4 is 28.8 Å². The molecule has 8 heteroatoms. The summed E-state index contributed by atoms with van der Waals surface area (Å²) in [5.74, 6) is -2.23. The molecule has 0 spiro atoms. The van der Waals surface area contributed by atoms with Gasteiger partial charge in [-0.15, -0.1) is 0 Å². The number of carbonyl (C=O) groups excluding carboxylic acids is 1. The van der Waals surface area contributed by atoms with Gasteiger partial charge in [-0.3, -0.25) is 4.79 Å². The molecule has 2 aliphatic heterocycles. The lowest BCUT2D eigenvalue weighted by Crippen LogP contribution is -2.39. The lowest BCUT2D eigenvalue weighted by molar-refractivity contribution is -0.125. The van der Waals surface area contributed by atoms with Gasteiger partial charge in [0.15, 0.2) is 0 Å². The molecule has 1 aromatic heterocycles. The molecule has 5 aliphatic rings. The number of ether oxygens (including phenoxy) is 1. The van der Waals surface area contributed by atoms with E-state index < -0.39 is 16.8 Å². The molecule has 4 fully saturated rings. The first-order valence-electron chi connectivity index (χ1n) is 11.3. The second-order valence-corrected chi connectivity index (χ2v) is 9.88. The Morgan fingerprint density at radius 3 is 2.69 bits per heavy atom. The van der Waals surface area contributed by atoms with Crippen molar-refractivity contribution in [3.05, 3.63) is 42.1 Å². The molecular weight excluding hydrogens is 414 g/mol. The number of nitrogens with one attached hydrogen (secondary N) is 1. The van der Waals surface area contributed by atoms with Crippen molar-refractivity contribution in [2.75, 3.05) is 41.4 Å². The Bertz CT molecular complexity index is 1130. The van der Waals surface area contributed by atoms with E-state index in [9.17, 15) is 13.6 Å². The summed E-state index contributed by atoms with van der Waals surface area (Å²) in [5, 5.41) is 3.39. The topological polar surface area (TPSA) is 57.7 Å².